The number of H-pyrrole nitrogens is 2. The first-order valence-electron chi connectivity index (χ1n) is 15.3. The third-order valence-corrected chi connectivity index (χ3v) is 8.72. The highest BCUT2D eigenvalue weighted by Crippen LogP contribution is 2.40. The normalized spacial score (nSPS) is 18.7. The number of benzene rings is 2. The molecule has 4 heterocycles. The fraction of sp³-hybridized carbons (Fsp3) is 0.364. The predicted octanol–water partition coefficient (Wildman–Crippen LogP) is 5.76. The number of nitrogens with one attached hydrogen (secondary N) is 3. The number of nitrogens with zero attached hydrogens (tertiary/aromatic N) is 4. The van der Waals surface area contributed by atoms with Crippen LogP contribution in [0.15, 0.2) is 54.7 Å². The average molecular weight is 649 g/mol. The van der Waals surface area contributed by atoms with Crippen molar-refractivity contribution in [3.05, 3.63) is 72.1 Å². The number of rotatable bonds is 8. The summed E-state index contributed by atoms with van der Waals surface area (Å²) in [6.07, 6.45) is 0.923. The van der Waals surface area contributed by atoms with Crippen molar-refractivity contribution < 1.29 is 32.3 Å². The molecule has 4 aromatic rings. The number of hydrogen-bond acceptors (Lipinski definition) is 6. The second kappa shape index (κ2) is 12.9. The summed E-state index contributed by atoms with van der Waals surface area (Å²) in [7, 11) is 1.18. The van der Waals surface area contributed by atoms with E-state index in [0.29, 0.717) is 31.5 Å². The molecule has 2 fully saturated rings. The lowest BCUT2D eigenvalue weighted by molar-refractivity contribution is -0.140. The van der Waals surface area contributed by atoms with Crippen molar-refractivity contribution in [3.8, 4) is 33.6 Å². The van der Waals surface area contributed by atoms with Crippen LogP contribution in [0.25, 0.3) is 33.6 Å². The number of aromatic nitrogens is 4. The zero-order valence-corrected chi connectivity index (χ0v) is 25.7. The molecule has 2 saturated heterocycles. The molecule has 2 aliphatic rings. The van der Waals surface area contributed by atoms with Crippen LogP contribution in [-0.4, -0.2) is 74.4 Å². The maximum absolute atomic E-state index is 14.2. The fourth-order valence-corrected chi connectivity index (χ4v) is 6.31. The van der Waals surface area contributed by atoms with Crippen molar-refractivity contribution in [2.75, 3.05) is 20.2 Å². The molecule has 0 bridgehead atoms. The van der Waals surface area contributed by atoms with Gasteiger partial charge >= 0.3 is 18.7 Å². The number of alkyl halides is 3. The molecule has 0 saturated carbocycles. The molecular weight excluding hydrogens is 615 g/mol. The Balaban J connectivity index is 1.21. The van der Waals surface area contributed by atoms with Gasteiger partial charge in [-0.2, -0.15) is 13.2 Å². The number of halogens is 3. The second-order valence-corrected chi connectivity index (χ2v) is 11.7. The summed E-state index contributed by atoms with van der Waals surface area (Å²) in [6, 6.07) is 12.7. The first-order valence-corrected chi connectivity index (χ1v) is 15.3. The highest BCUT2D eigenvalue weighted by Gasteiger charge is 2.41. The first kappa shape index (κ1) is 31.8. The summed E-state index contributed by atoms with van der Waals surface area (Å²) >= 11 is 0. The molecule has 0 spiro atoms. The molecule has 0 unspecified atom stereocenters. The van der Waals surface area contributed by atoms with Gasteiger partial charge in [-0.05, 0) is 49.3 Å². The van der Waals surface area contributed by atoms with Crippen molar-refractivity contribution >= 4 is 18.4 Å². The van der Waals surface area contributed by atoms with Crippen molar-refractivity contribution in [3.63, 3.8) is 0 Å². The molecular formula is C33H33F3N7O4. The highest BCUT2D eigenvalue weighted by atomic mass is 19.4. The third kappa shape index (κ3) is 6.44. The Hall–Kier alpha value is -5.14. The number of carbonyl (C=O) groups is 2. The monoisotopic (exact) mass is 648 g/mol. The molecule has 2 aliphatic heterocycles. The van der Waals surface area contributed by atoms with Crippen LogP contribution in [0.2, 0.25) is 0 Å². The average Bonchev–Trinajstić information content (AvgIpc) is 3.89. The summed E-state index contributed by atoms with van der Waals surface area (Å²) < 4.78 is 47.2. The Morgan fingerprint density at radius 2 is 1.55 bits per heavy atom. The molecule has 3 N–H and O–H groups in total. The Morgan fingerprint density at radius 3 is 2.19 bits per heavy atom. The minimum Gasteiger partial charge on any atom is -0.453 e. The van der Waals surface area contributed by atoms with Crippen molar-refractivity contribution in [1.29, 1.82) is 0 Å². The number of aromatic amines is 2. The van der Waals surface area contributed by atoms with E-state index < -0.39 is 36.0 Å². The van der Waals surface area contributed by atoms with Gasteiger partial charge in [-0.3, -0.25) is 9.59 Å². The molecule has 47 heavy (non-hydrogen) atoms. The number of alkyl carbamates (subject to hydrolysis) is 1. The van der Waals surface area contributed by atoms with Gasteiger partial charge in [0, 0.05) is 18.7 Å². The van der Waals surface area contributed by atoms with E-state index >= 15 is 0 Å². The van der Waals surface area contributed by atoms with Crippen LogP contribution in [-0.2, 0) is 20.5 Å². The molecule has 6 rings (SSSR count). The van der Waals surface area contributed by atoms with Gasteiger partial charge in [0.05, 0.1) is 36.8 Å². The molecule has 11 nitrogen and oxygen atoms in total. The number of methoxy groups -OCH3 is 1. The number of imidazole rings is 2. The molecule has 245 valence electrons. The van der Waals surface area contributed by atoms with Crippen LogP contribution in [0.1, 0.15) is 62.0 Å². The number of amides is 3. The van der Waals surface area contributed by atoms with Crippen molar-refractivity contribution in [1.82, 2.24) is 35.1 Å². The van der Waals surface area contributed by atoms with Crippen LogP contribution in [0.3, 0.4) is 0 Å². The van der Waals surface area contributed by atoms with Gasteiger partial charge in [-0.25, -0.2) is 14.8 Å². The quantitative estimate of drug-likeness (QED) is 0.222. The molecule has 14 heteroatoms. The molecule has 1 radical (unpaired) electrons. The smallest absolute Gasteiger partial charge is 0.435 e. The van der Waals surface area contributed by atoms with Crippen molar-refractivity contribution in [2.45, 2.75) is 56.9 Å². The minimum atomic E-state index is -4.74. The van der Waals surface area contributed by atoms with E-state index in [0.717, 1.165) is 41.1 Å². The lowest BCUT2D eigenvalue weighted by atomic mass is 10.0. The Bertz CT molecular complexity index is 1750. The molecule has 3 amide bonds. The van der Waals surface area contributed by atoms with Gasteiger partial charge in [0.1, 0.15) is 17.7 Å². The maximum Gasteiger partial charge on any atom is 0.435 e. The number of ether oxygens (including phenoxy) is 1. The van der Waals surface area contributed by atoms with E-state index in [4.69, 9.17) is 0 Å². The second-order valence-electron chi connectivity index (χ2n) is 11.7. The van der Waals surface area contributed by atoms with Crippen LogP contribution < -0.4 is 5.32 Å². The largest absolute Gasteiger partial charge is 0.453 e. The Morgan fingerprint density at radius 1 is 0.936 bits per heavy atom. The zero-order chi connectivity index (χ0) is 33.3. The third-order valence-electron chi connectivity index (χ3n) is 8.72. The Kier molecular flexibility index (Phi) is 8.76. The fourth-order valence-electron chi connectivity index (χ4n) is 6.31. The summed E-state index contributed by atoms with van der Waals surface area (Å²) in [5.74, 6) is 0.317. The number of hydrogen-bond donors (Lipinski definition) is 3. The molecule has 2 aromatic carbocycles. The lowest BCUT2D eigenvalue weighted by Crippen LogP contribution is -2.46. The molecule has 0 aliphatic carbocycles. The van der Waals surface area contributed by atoms with Crippen LogP contribution in [0, 0.1) is 0 Å². The van der Waals surface area contributed by atoms with Gasteiger partial charge < -0.3 is 29.8 Å². The summed E-state index contributed by atoms with van der Waals surface area (Å²) in [4.78, 5) is 53.5. The standard InChI is InChI=1S/C33H33F3N7O4/c1-19(38-32(46)47-2)31(45)43-16-4-6-26(43)30-40-27(28(41-30)33(34,35)36)23-13-9-21(10-14-23)20-7-11-22(12-8-20)24-17-37-29(39-24)25-5-3-15-42(25)18-44/h7-14,17,19,25-26H,3-6,15-16H2,1-2H3,(H,37,39)(H,38,46)(H,40,41)/t19-,25-,26-/m0/s1. The topological polar surface area (TPSA) is 136 Å². The van der Waals surface area contributed by atoms with E-state index in [1.165, 1.54) is 18.9 Å². The van der Waals surface area contributed by atoms with E-state index in [1.54, 1.807) is 35.4 Å². The zero-order valence-electron chi connectivity index (χ0n) is 25.7. The van der Waals surface area contributed by atoms with E-state index in [2.05, 4.69) is 30.0 Å². The highest BCUT2D eigenvalue weighted by molar-refractivity contribution is 5.85. The van der Waals surface area contributed by atoms with E-state index in [1.807, 2.05) is 30.7 Å². The first-order chi connectivity index (χ1) is 22.6. The predicted molar refractivity (Wildman–Crippen MR) is 165 cm³/mol. The van der Waals surface area contributed by atoms with Gasteiger partial charge in [-0.15, -0.1) is 0 Å². The van der Waals surface area contributed by atoms with Gasteiger partial charge in [-0.1, -0.05) is 48.5 Å². The van der Waals surface area contributed by atoms with Crippen LogP contribution >= 0.6 is 0 Å². The van der Waals surface area contributed by atoms with E-state index in [-0.39, 0.29) is 17.6 Å². The number of carbonyl (C=O) groups excluding carboxylic acids is 3. The van der Waals surface area contributed by atoms with Gasteiger partial charge in [0.15, 0.2) is 5.69 Å². The maximum atomic E-state index is 14.2. The SMILES string of the molecule is COC(=O)N[C@@H](C)C(=O)N1CCC[C@H]1c1nc(C(F)(F)F)c(-c2ccc(-c3ccc(-c4cnc([C@@H]5CCCN5[C]=O)[nH]4)cc3)cc2)[nH]1. The van der Waals surface area contributed by atoms with Crippen LogP contribution in [0.4, 0.5) is 18.0 Å². The summed E-state index contributed by atoms with van der Waals surface area (Å²) in [6.45, 7) is 2.47. The molecule has 2 aromatic heterocycles. The van der Waals surface area contributed by atoms with Gasteiger partial charge in [0.2, 0.25) is 5.91 Å². The minimum absolute atomic E-state index is 0.0370. The lowest BCUT2D eigenvalue weighted by Gasteiger charge is -2.26. The molecule has 3 atom stereocenters. The van der Waals surface area contributed by atoms with E-state index in [9.17, 15) is 27.6 Å². The summed E-state index contributed by atoms with van der Waals surface area (Å²) in [5.41, 5.74) is 2.44. The van der Waals surface area contributed by atoms with Crippen LogP contribution in [0.5, 0.6) is 0 Å². The van der Waals surface area contributed by atoms with Crippen molar-refractivity contribution in [2.24, 2.45) is 0 Å². The van der Waals surface area contributed by atoms with Gasteiger partial charge in [0.25, 0.3) is 0 Å². The summed E-state index contributed by atoms with van der Waals surface area (Å²) in [5, 5.41) is 2.41. The number of likely N-dealkylation sites (tertiary alicyclic amines) is 2. The Labute approximate surface area is 268 Å².